The smallest absolute Gasteiger partial charge is 0.0105 e. The Morgan fingerprint density at radius 2 is 1.94 bits per heavy atom. The summed E-state index contributed by atoms with van der Waals surface area (Å²) in [5.41, 5.74) is 6.54. The van der Waals surface area contributed by atoms with Gasteiger partial charge in [-0.15, -0.1) is 0 Å². The van der Waals surface area contributed by atoms with E-state index in [9.17, 15) is 0 Å². The average molecular weight is 254 g/mol. The second-order valence-corrected chi connectivity index (χ2v) is 6.93. The highest BCUT2D eigenvalue weighted by Crippen LogP contribution is 2.35. The zero-order chi connectivity index (χ0) is 13.4. The summed E-state index contributed by atoms with van der Waals surface area (Å²) in [5, 5.41) is 3.62. The molecule has 108 valence electrons. The molecule has 0 aromatic heterocycles. The third kappa shape index (κ3) is 5.71. The zero-order valence-corrected chi connectivity index (χ0v) is 12.8. The van der Waals surface area contributed by atoms with Gasteiger partial charge >= 0.3 is 0 Å². The predicted octanol–water partition coefficient (Wildman–Crippen LogP) is 3.70. The molecule has 1 rings (SSSR count). The van der Waals surface area contributed by atoms with Gasteiger partial charge in [0.2, 0.25) is 0 Å². The third-order valence-corrected chi connectivity index (χ3v) is 4.57. The van der Waals surface area contributed by atoms with Gasteiger partial charge in [0.15, 0.2) is 0 Å². The molecule has 0 aromatic carbocycles. The lowest BCUT2D eigenvalue weighted by Crippen LogP contribution is -2.42. The van der Waals surface area contributed by atoms with E-state index in [0.29, 0.717) is 11.5 Å². The molecule has 0 aliphatic heterocycles. The van der Waals surface area contributed by atoms with Gasteiger partial charge in [0.05, 0.1) is 0 Å². The highest BCUT2D eigenvalue weighted by atomic mass is 14.9. The summed E-state index contributed by atoms with van der Waals surface area (Å²) in [4.78, 5) is 0. The molecule has 2 nitrogen and oxygen atoms in total. The fourth-order valence-corrected chi connectivity index (χ4v) is 3.01. The minimum atomic E-state index is 0.359. The Hall–Kier alpha value is -0.0800. The maximum atomic E-state index is 6.18. The molecule has 0 aromatic rings. The molecule has 3 N–H and O–H groups in total. The quantitative estimate of drug-likeness (QED) is 0.616. The number of unbranched alkanes of at least 4 members (excludes halogenated alkanes) is 3. The Morgan fingerprint density at radius 1 is 1.22 bits per heavy atom. The van der Waals surface area contributed by atoms with Crippen LogP contribution in [0.25, 0.3) is 0 Å². The van der Waals surface area contributed by atoms with Crippen molar-refractivity contribution in [2.75, 3.05) is 13.1 Å². The number of hydrogen-bond acceptors (Lipinski definition) is 2. The molecule has 0 bridgehead atoms. The van der Waals surface area contributed by atoms with Gasteiger partial charge in [0.1, 0.15) is 0 Å². The van der Waals surface area contributed by atoms with Gasteiger partial charge < -0.3 is 11.1 Å². The first kappa shape index (κ1) is 16.0. The van der Waals surface area contributed by atoms with Gasteiger partial charge in [-0.2, -0.15) is 0 Å². The predicted molar refractivity (Wildman–Crippen MR) is 80.7 cm³/mol. The fourth-order valence-electron chi connectivity index (χ4n) is 3.01. The minimum Gasteiger partial charge on any atom is -0.327 e. The molecule has 1 fully saturated rings. The molecule has 1 saturated carbocycles. The van der Waals surface area contributed by atoms with E-state index in [1.54, 1.807) is 0 Å². The van der Waals surface area contributed by atoms with Crippen molar-refractivity contribution in [1.29, 1.82) is 0 Å². The van der Waals surface area contributed by atoms with Gasteiger partial charge in [0, 0.05) is 12.6 Å². The highest BCUT2D eigenvalue weighted by Gasteiger charge is 2.35. The fraction of sp³-hybridized carbons (Fsp3) is 1.00. The lowest BCUT2D eigenvalue weighted by molar-refractivity contribution is 0.277. The zero-order valence-electron chi connectivity index (χ0n) is 12.8. The third-order valence-electron chi connectivity index (χ3n) is 4.57. The maximum absolute atomic E-state index is 6.18. The lowest BCUT2D eigenvalue weighted by Gasteiger charge is -2.29. The monoisotopic (exact) mass is 254 g/mol. The first-order valence-electron chi connectivity index (χ1n) is 8.01. The standard InChI is InChI=1S/C16H34N2/c1-14(2)9-6-4-5-7-12-18-13-16(3)11-8-10-15(16)17/h14-15,18H,4-13,17H2,1-3H3. The molecule has 18 heavy (non-hydrogen) atoms. The molecule has 1 aliphatic rings. The van der Waals surface area contributed by atoms with Crippen LogP contribution in [0.5, 0.6) is 0 Å². The van der Waals surface area contributed by atoms with E-state index in [1.807, 2.05) is 0 Å². The van der Waals surface area contributed by atoms with Crippen LogP contribution in [0.3, 0.4) is 0 Å². The summed E-state index contributed by atoms with van der Waals surface area (Å²) >= 11 is 0. The van der Waals surface area contributed by atoms with Crippen LogP contribution in [0.2, 0.25) is 0 Å². The molecule has 1 aliphatic carbocycles. The Labute approximate surface area is 114 Å². The Balaban J connectivity index is 1.92. The molecule has 0 radical (unpaired) electrons. The first-order valence-corrected chi connectivity index (χ1v) is 8.01. The molecule has 2 heteroatoms. The van der Waals surface area contributed by atoms with Crippen molar-refractivity contribution < 1.29 is 0 Å². The number of nitrogens with one attached hydrogen (secondary N) is 1. The van der Waals surface area contributed by atoms with Crippen LogP contribution in [0.15, 0.2) is 0 Å². The van der Waals surface area contributed by atoms with E-state index in [-0.39, 0.29) is 0 Å². The Morgan fingerprint density at radius 3 is 2.56 bits per heavy atom. The average Bonchev–Trinajstić information content (AvgIpc) is 2.63. The summed E-state index contributed by atoms with van der Waals surface area (Å²) in [6.45, 7) is 9.25. The van der Waals surface area contributed by atoms with Crippen LogP contribution in [-0.2, 0) is 0 Å². The Kier molecular flexibility index (Phi) is 7.25. The van der Waals surface area contributed by atoms with Crippen LogP contribution in [0.4, 0.5) is 0 Å². The second-order valence-electron chi connectivity index (χ2n) is 6.93. The Bertz CT molecular complexity index is 215. The van der Waals surface area contributed by atoms with E-state index >= 15 is 0 Å². The van der Waals surface area contributed by atoms with E-state index in [1.165, 1.54) is 57.9 Å². The topological polar surface area (TPSA) is 38.0 Å². The molecule has 0 amide bonds. The van der Waals surface area contributed by atoms with Gasteiger partial charge in [0.25, 0.3) is 0 Å². The number of hydrogen-bond donors (Lipinski definition) is 2. The van der Waals surface area contributed by atoms with E-state index < -0.39 is 0 Å². The molecular weight excluding hydrogens is 220 g/mol. The normalized spacial score (nSPS) is 28.2. The van der Waals surface area contributed by atoms with Gasteiger partial charge in [-0.1, -0.05) is 52.9 Å². The molecule has 0 heterocycles. The van der Waals surface area contributed by atoms with Crippen molar-refractivity contribution in [3.05, 3.63) is 0 Å². The molecular formula is C16H34N2. The molecule has 2 unspecified atom stereocenters. The summed E-state index contributed by atoms with van der Waals surface area (Å²) in [6.07, 6.45) is 10.7. The van der Waals surface area contributed by atoms with Gasteiger partial charge in [-0.05, 0) is 37.1 Å². The summed E-state index contributed by atoms with van der Waals surface area (Å²) in [7, 11) is 0. The summed E-state index contributed by atoms with van der Waals surface area (Å²) in [6, 6.07) is 0.413. The SMILES string of the molecule is CC(C)CCCCCCNCC1(C)CCCC1N. The van der Waals surface area contributed by atoms with Crippen molar-refractivity contribution >= 4 is 0 Å². The molecule has 0 saturated heterocycles. The van der Waals surface area contributed by atoms with Crippen LogP contribution in [0.1, 0.15) is 72.1 Å². The van der Waals surface area contributed by atoms with Gasteiger partial charge in [-0.3, -0.25) is 0 Å². The minimum absolute atomic E-state index is 0.359. The van der Waals surface area contributed by atoms with Crippen molar-refractivity contribution in [3.63, 3.8) is 0 Å². The van der Waals surface area contributed by atoms with Crippen LogP contribution >= 0.6 is 0 Å². The largest absolute Gasteiger partial charge is 0.327 e. The van der Waals surface area contributed by atoms with Crippen molar-refractivity contribution in [2.24, 2.45) is 17.1 Å². The van der Waals surface area contributed by atoms with Gasteiger partial charge in [-0.25, -0.2) is 0 Å². The highest BCUT2D eigenvalue weighted by molar-refractivity contribution is 4.92. The lowest BCUT2D eigenvalue weighted by atomic mass is 9.85. The molecule has 2 atom stereocenters. The van der Waals surface area contributed by atoms with Crippen molar-refractivity contribution in [3.8, 4) is 0 Å². The van der Waals surface area contributed by atoms with Crippen LogP contribution < -0.4 is 11.1 Å². The van der Waals surface area contributed by atoms with Crippen molar-refractivity contribution in [1.82, 2.24) is 5.32 Å². The summed E-state index contributed by atoms with van der Waals surface area (Å²) in [5.74, 6) is 0.868. The first-order chi connectivity index (χ1) is 8.54. The number of rotatable bonds is 9. The van der Waals surface area contributed by atoms with E-state index in [2.05, 4.69) is 26.1 Å². The molecule has 0 spiro atoms. The van der Waals surface area contributed by atoms with E-state index in [0.717, 1.165) is 12.5 Å². The van der Waals surface area contributed by atoms with Crippen LogP contribution in [-0.4, -0.2) is 19.1 Å². The maximum Gasteiger partial charge on any atom is 0.0105 e. The number of nitrogens with two attached hydrogens (primary N) is 1. The summed E-state index contributed by atoms with van der Waals surface area (Å²) < 4.78 is 0. The second kappa shape index (κ2) is 8.16. The van der Waals surface area contributed by atoms with Crippen LogP contribution in [0, 0.1) is 11.3 Å². The van der Waals surface area contributed by atoms with Crippen molar-refractivity contribution in [2.45, 2.75) is 78.2 Å². The van der Waals surface area contributed by atoms with E-state index in [4.69, 9.17) is 5.73 Å².